The highest BCUT2D eigenvalue weighted by Crippen LogP contribution is 2.17. The van der Waals surface area contributed by atoms with E-state index in [0.29, 0.717) is 0 Å². The molecule has 0 radical (unpaired) electrons. The largest absolute Gasteiger partial charge is 0.321 e. The topological polar surface area (TPSA) is 26.0 Å². The third-order valence-corrected chi connectivity index (χ3v) is 2.43. The Morgan fingerprint density at radius 3 is 2.36 bits per heavy atom. The van der Waals surface area contributed by atoms with E-state index >= 15 is 0 Å². The van der Waals surface area contributed by atoms with E-state index in [1.807, 2.05) is 0 Å². The summed E-state index contributed by atoms with van der Waals surface area (Å²) in [6.45, 7) is 8.38. The number of rotatable bonds is 2. The Hall–Kier alpha value is -1.08. The number of nitrogens with two attached hydrogens (primary N) is 1. The van der Waals surface area contributed by atoms with Crippen LogP contribution in [0.15, 0.2) is 29.8 Å². The fourth-order valence-electron chi connectivity index (χ4n) is 1.43. The first kappa shape index (κ1) is 11.0. The van der Waals surface area contributed by atoms with Crippen molar-refractivity contribution in [3.05, 3.63) is 46.5 Å². The van der Waals surface area contributed by atoms with Crippen molar-refractivity contribution in [2.45, 2.75) is 33.7 Å². The van der Waals surface area contributed by atoms with E-state index in [0.717, 1.165) is 0 Å². The van der Waals surface area contributed by atoms with Crippen molar-refractivity contribution < 1.29 is 0 Å². The highest BCUT2D eigenvalue weighted by Gasteiger charge is 2.03. The van der Waals surface area contributed by atoms with Crippen LogP contribution in [0.25, 0.3) is 0 Å². The highest BCUT2D eigenvalue weighted by atomic mass is 14.6. The minimum Gasteiger partial charge on any atom is -0.321 e. The van der Waals surface area contributed by atoms with Gasteiger partial charge < -0.3 is 5.73 Å². The smallest absolute Gasteiger partial charge is 0.0483 e. The molecule has 2 N–H and O–H groups in total. The number of hydrogen-bond donors (Lipinski definition) is 1. The van der Waals surface area contributed by atoms with Crippen molar-refractivity contribution in [1.29, 1.82) is 0 Å². The molecule has 0 aliphatic heterocycles. The average molecular weight is 189 g/mol. The number of benzene rings is 1. The zero-order valence-electron chi connectivity index (χ0n) is 9.46. The molecule has 0 aromatic heterocycles. The Labute approximate surface area is 86.6 Å². The molecule has 0 heterocycles. The molecule has 0 spiro atoms. The molecule has 1 unspecified atom stereocenters. The van der Waals surface area contributed by atoms with Crippen LogP contribution in [0.5, 0.6) is 0 Å². The number of hydrogen-bond acceptors (Lipinski definition) is 1. The van der Waals surface area contributed by atoms with Gasteiger partial charge in [-0.3, -0.25) is 0 Å². The monoisotopic (exact) mass is 189 g/mol. The molecule has 0 saturated carbocycles. The summed E-state index contributed by atoms with van der Waals surface area (Å²) in [6, 6.07) is 6.43. The van der Waals surface area contributed by atoms with Crippen molar-refractivity contribution >= 4 is 0 Å². The second kappa shape index (κ2) is 4.43. The van der Waals surface area contributed by atoms with Crippen molar-refractivity contribution in [3.8, 4) is 0 Å². The number of allylic oxidation sites excluding steroid dienone is 1. The lowest BCUT2D eigenvalue weighted by Crippen LogP contribution is -2.07. The first-order valence-electron chi connectivity index (χ1n) is 4.98. The van der Waals surface area contributed by atoms with E-state index in [4.69, 9.17) is 5.73 Å². The summed E-state index contributed by atoms with van der Waals surface area (Å²) in [6.07, 6.45) is 2.09. The summed E-state index contributed by atoms with van der Waals surface area (Å²) in [5.74, 6) is 0. The lowest BCUT2D eigenvalue weighted by molar-refractivity contribution is 0.896. The minimum absolute atomic E-state index is 0.0271. The molecule has 0 fully saturated rings. The summed E-state index contributed by atoms with van der Waals surface area (Å²) in [5, 5.41) is 0. The molecule has 1 atom stereocenters. The fourth-order valence-corrected chi connectivity index (χ4v) is 1.43. The molecule has 0 saturated heterocycles. The van der Waals surface area contributed by atoms with Crippen molar-refractivity contribution in [2.75, 3.05) is 0 Å². The van der Waals surface area contributed by atoms with Crippen molar-refractivity contribution in [1.82, 2.24) is 0 Å². The summed E-state index contributed by atoms with van der Waals surface area (Å²) in [5.41, 5.74) is 11.1. The predicted octanol–water partition coefficient (Wildman–Crippen LogP) is 3.27. The molecule has 14 heavy (non-hydrogen) atoms. The molecule has 0 amide bonds. The van der Waals surface area contributed by atoms with Crippen LogP contribution in [0.4, 0.5) is 0 Å². The van der Waals surface area contributed by atoms with Crippen LogP contribution >= 0.6 is 0 Å². The Bertz CT molecular complexity index is 346. The molecule has 1 aromatic rings. The normalized spacial score (nSPS) is 12.4. The van der Waals surface area contributed by atoms with E-state index in [9.17, 15) is 0 Å². The van der Waals surface area contributed by atoms with Gasteiger partial charge in [-0.15, -0.1) is 0 Å². The maximum absolute atomic E-state index is 6.04. The van der Waals surface area contributed by atoms with Crippen LogP contribution < -0.4 is 5.73 Å². The van der Waals surface area contributed by atoms with Gasteiger partial charge in [-0.1, -0.05) is 29.8 Å². The Morgan fingerprint density at radius 1 is 1.21 bits per heavy atom. The lowest BCUT2D eigenvalue weighted by Gasteiger charge is -2.10. The second-order valence-electron chi connectivity index (χ2n) is 4.11. The number of aryl methyl sites for hydroxylation is 2. The fraction of sp³-hybridized carbons (Fsp3) is 0.385. The van der Waals surface area contributed by atoms with E-state index in [-0.39, 0.29) is 6.04 Å². The van der Waals surface area contributed by atoms with Crippen LogP contribution in [0.3, 0.4) is 0 Å². The summed E-state index contributed by atoms with van der Waals surface area (Å²) >= 11 is 0. The van der Waals surface area contributed by atoms with E-state index in [1.165, 1.54) is 22.3 Å². The van der Waals surface area contributed by atoms with Crippen molar-refractivity contribution in [2.24, 2.45) is 5.73 Å². The molecular weight excluding hydrogens is 170 g/mol. The predicted molar refractivity (Wildman–Crippen MR) is 62.3 cm³/mol. The van der Waals surface area contributed by atoms with Crippen LogP contribution in [0.1, 0.15) is 36.6 Å². The molecule has 1 aromatic carbocycles. The van der Waals surface area contributed by atoms with E-state index < -0.39 is 0 Å². The Kier molecular flexibility index (Phi) is 3.48. The maximum atomic E-state index is 6.04. The Morgan fingerprint density at radius 2 is 1.86 bits per heavy atom. The molecule has 0 aliphatic carbocycles. The zero-order chi connectivity index (χ0) is 10.7. The first-order valence-corrected chi connectivity index (χ1v) is 4.98. The van der Waals surface area contributed by atoms with Gasteiger partial charge in [-0.2, -0.15) is 0 Å². The van der Waals surface area contributed by atoms with Gasteiger partial charge in [0.1, 0.15) is 0 Å². The van der Waals surface area contributed by atoms with Crippen LogP contribution in [0.2, 0.25) is 0 Å². The van der Waals surface area contributed by atoms with Crippen LogP contribution in [-0.2, 0) is 0 Å². The highest BCUT2D eigenvalue weighted by molar-refractivity contribution is 5.33. The van der Waals surface area contributed by atoms with E-state index in [2.05, 4.69) is 52.0 Å². The molecule has 0 bridgehead atoms. The average Bonchev–Trinajstić information content (AvgIpc) is 2.08. The van der Waals surface area contributed by atoms with E-state index in [1.54, 1.807) is 0 Å². The van der Waals surface area contributed by atoms with Gasteiger partial charge in [0.15, 0.2) is 0 Å². The lowest BCUT2D eigenvalue weighted by atomic mass is 10.0. The first-order chi connectivity index (χ1) is 6.50. The van der Waals surface area contributed by atoms with Crippen LogP contribution in [0, 0.1) is 13.8 Å². The third kappa shape index (κ3) is 2.71. The standard InChI is InChI=1S/C13H19N/c1-9(2)7-13(14)12-6-5-10(3)11(4)8-12/h5-8,13H,14H2,1-4H3. The van der Waals surface area contributed by atoms with Gasteiger partial charge in [0.25, 0.3) is 0 Å². The minimum atomic E-state index is 0.0271. The van der Waals surface area contributed by atoms with Gasteiger partial charge in [-0.25, -0.2) is 0 Å². The van der Waals surface area contributed by atoms with Crippen molar-refractivity contribution in [3.63, 3.8) is 0 Å². The zero-order valence-corrected chi connectivity index (χ0v) is 9.46. The van der Waals surface area contributed by atoms with Crippen LogP contribution in [-0.4, -0.2) is 0 Å². The summed E-state index contributed by atoms with van der Waals surface area (Å²) in [7, 11) is 0. The molecule has 0 aliphatic rings. The SMILES string of the molecule is CC(C)=CC(N)c1ccc(C)c(C)c1. The molecule has 1 rings (SSSR count). The maximum Gasteiger partial charge on any atom is 0.0483 e. The quantitative estimate of drug-likeness (QED) is 0.710. The van der Waals surface area contributed by atoms with Gasteiger partial charge in [0.2, 0.25) is 0 Å². The molecule has 76 valence electrons. The van der Waals surface area contributed by atoms with Gasteiger partial charge in [0.05, 0.1) is 0 Å². The van der Waals surface area contributed by atoms with Gasteiger partial charge in [0, 0.05) is 6.04 Å². The molecule has 1 heteroatoms. The molecule has 1 nitrogen and oxygen atoms in total. The summed E-state index contributed by atoms with van der Waals surface area (Å²) in [4.78, 5) is 0. The third-order valence-electron chi connectivity index (χ3n) is 2.43. The van der Waals surface area contributed by atoms with Gasteiger partial charge >= 0.3 is 0 Å². The van der Waals surface area contributed by atoms with Gasteiger partial charge in [-0.05, 0) is 44.4 Å². The second-order valence-corrected chi connectivity index (χ2v) is 4.11. The summed E-state index contributed by atoms with van der Waals surface area (Å²) < 4.78 is 0. The molecular formula is C13H19N. The Balaban J connectivity index is 2.97.